The second kappa shape index (κ2) is 7.11. The highest BCUT2D eigenvalue weighted by molar-refractivity contribution is 6.39. The van der Waals surface area contributed by atoms with Crippen LogP contribution in [0.2, 0.25) is 10.0 Å². The Morgan fingerprint density at radius 3 is 2.59 bits per heavy atom. The number of halogens is 2. The van der Waals surface area contributed by atoms with E-state index in [4.69, 9.17) is 32.5 Å². The highest BCUT2D eigenvalue weighted by Gasteiger charge is 2.51. The molecule has 0 N–H and O–H groups in total. The van der Waals surface area contributed by atoms with E-state index in [0.717, 1.165) is 43.4 Å². The predicted octanol–water partition coefficient (Wildman–Crippen LogP) is 6.44. The topological polar surface area (TPSA) is 52.3 Å². The van der Waals surface area contributed by atoms with E-state index in [1.165, 1.54) is 0 Å². The highest BCUT2D eigenvalue weighted by atomic mass is 35.5. The molecule has 0 saturated heterocycles. The number of carbonyl (C=O) groups is 1. The summed E-state index contributed by atoms with van der Waals surface area (Å²) in [6, 6.07) is 5.45. The maximum absolute atomic E-state index is 12.5. The number of rotatable bonds is 5. The first-order chi connectivity index (χ1) is 13.9. The minimum absolute atomic E-state index is 0.126. The zero-order valence-electron chi connectivity index (χ0n) is 16.7. The number of Topliss-reactive ketones (excluding diaryl/α,β-unsaturated/α-hetero) is 1. The van der Waals surface area contributed by atoms with Gasteiger partial charge in [0, 0.05) is 28.9 Å². The molecule has 3 fully saturated rings. The van der Waals surface area contributed by atoms with Crippen LogP contribution in [0, 0.1) is 17.8 Å². The first-order valence-electron chi connectivity index (χ1n) is 10.5. The molecule has 0 radical (unpaired) electrons. The van der Waals surface area contributed by atoms with Gasteiger partial charge in [0.2, 0.25) is 0 Å². The zero-order chi connectivity index (χ0) is 20.3. The molecule has 4 atom stereocenters. The number of ketones is 1. The van der Waals surface area contributed by atoms with Gasteiger partial charge in [-0.25, -0.2) is 0 Å². The largest absolute Gasteiger partial charge is 0.370 e. The number of hydrogen-bond donors (Lipinski definition) is 0. The molecule has 0 amide bonds. The summed E-state index contributed by atoms with van der Waals surface area (Å²) in [6.45, 7) is 4.73. The van der Waals surface area contributed by atoms with Gasteiger partial charge in [-0.2, -0.15) is 0 Å². The summed E-state index contributed by atoms with van der Waals surface area (Å²) < 4.78 is 12.3. The van der Waals surface area contributed by atoms with E-state index in [9.17, 15) is 4.79 Å². The van der Waals surface area contributed by atoms with Crippen LogP contribution in [0.4, 0.5) is 0 Å². The third kappa shape index (κ3) is 3.43. The molecule has 4 nitrogen and oxygen atoms in total. The molecule has 2 bridgehead atoms. The molecular weight excluding hydrogens is 409 g/mol. The minimum Gasteiger partial charge on any atom is -0.370 e. The van der Waals surface area contributed by atoms with Crippen molar-refractivity contribution >= 4 is 29.0 Å². The molecule has 3 aliphatic carbocycles. The Morgan fingerprint density at radius 2 is 1.93 bits per heavy atom. The first kappa shape index (κ1) is 19.6. The molecule has 0 spiro atoms. The lowest BCUT2D eigenvalue weighted by atomic mass is 9.76. The molecule has 2 aromatic rings. The Kier molecular flexibility index (Phi) is 4.80. The second-order valence-corrected chi connectivity index (χ2v) is 10.1. The monoisotopic (exact) mass is 433 g/mol. The fourth-order valence-electron chi connectivity index (χ4n) is 5.28. The van der Waals surface area contributed by atoms with Crippen LogP contribution in [0.1, 0.15) is 63.2 Å². The van der Waals surface area contributed by atoms with Gasteiger partial charge in [0.05, 0.1) is 22.3 Å². The molecule has 154 valence electrons. The fraction of sp³-hybridized carbons (Fsp3) is 0.565. The Labute approximate surface area is 180 Å². The molecule has 3 saturated carbocycles. The molecule has 1 aromatic carbocycles. The van der Waals surface area contributed by atoms with Crippen LogP contribution < -0.4 is 0 Å². The number of aromatic nitrogens is 1. The van der Waals surface area contributed by atoms with Crippen LogP contribution in [0.3, 0.4) is 0 Å². The number of carbonyl (C=O) groups excluding carboxylic acids is 1. The van der Waals surface area contributed by atoms with Crippen LogP contribution in [0.5, 0.6) is 0 Å². The van der Waals surface area contributed by atoms with Crippen LogP contribution in [0.15, 0.2) is 22.7 Å². The van der Waals surface area contributed by atoms with E-state index in [0.29, 0.717) is 45.5 Å². The molecular formula is C23H25Cl2NO3. The average molecular weight is 434 g/mol. The fourth-order valence-corrected chi connectivity index (χ4v) is 5.86. The summed E-state index contributed by atoms with van der Waals surface area (Å²) >= 11 is 12.9. The van der Waals surface area contributed by atoms with E-state index in [2.05, 4.69) is 19.0 Å². The number of hydrogen-bond acceptors (Lipinski definition) is 4. The summed E-state index contributed by atoms with van der Waals surface area (Å²) in [4.78, 5) is 12.5. The molecule has 6 heteroatoms. The van der Waals surface area contributed by atoms with Crippen LogP contribution in [-0.2, 0) is 16.1 Å². The van der Waals surface area contributed by atoms with Crippen molar-refractivity contribution in [1.29, 1.82) is 0 Å². The van der Waals surface area contributed by atoms with Gasteiger partial charge >= 0.3 is 0 Å². The molecule has 4 unspecified atom stereocenters. The molecule has 5 rings (SSSR count). The molecule has 29 heavy (non-hydrogen) atoms. The lowest BCUT2D eigenvalue weighted by Crippen LogP contribution is -2.41. The van der Waals surface area contributed by atoms with Gasteiger partial charge in [-0.05, 0) is 57.1 Å². The smallest absolute Gasteiger partial charge is 0.145 e. The molecule has 1 aromatic heterocycles. The van der Waals surface area contributed by atoms with Crippen LogP contribution in [-0.4, -0.2) is 16.5 Å². The van der Waals surface area contributed by atoms with Crippen molar-refractivity contribution in [3.05, 3.63) is 39.6 Å². The molecule has 0 aliphatic heterocycles. The summed E-state index contributed by atoms with van der Waals surface area (Å²) in [5.74, 6) is 2.44. The molecule has 3 aliphatic rings. The van der Waals surface area contributed by atoms with E-state index in [-0.39, 0.29) is 17.4 Å². The third-order valence-electron chi connectivity index (χ3n) is 6.97. The number of nitrogens with zero attached hydrogens (tertiary/aromatic N) is 1. The average Bonchev–Trinajstić information content (AvgIpc) is 3.40. The van der Waals surface area contributed by atoms with Crippen molar-refractivity contribution in [2.24, 2.45) is 17.8 Å². The van der Waals surface area contributed by atoms with Crippen molar-refractivity contribution in [3.8, 4) is 11.3 Å². The van der Waals surface area contributed by atoms with E-state index >= 15 is 0 Å². The van der Waals surface area contributed by atoms with Gasteiger partial charge in [-0.1, -0.05) is 41.3 Å². The number of fused-ring (bicyclic) bond motifs is 2. The van der Waals surface area contributed by atoms with E-state index < -0.39 is 0 Å². The summed E-state index contributed by atoms with van der Waals surface area (Å²) in [7, 11) is 0. The van der Waals surface area contributed by atoms with Crippen molar-refractivity contribution in [2.75, 3.05) is 0 Å². The van der Waals surface area contributed by atoms with Crippen molar-refractivity contribution in [2.45, 2.75) is 64.1 Å². The summed E-state index contributed by atoms with van der Waals surface area (Å²) in [5, 5.41) is 5.45. The van der Waals surface area contributed by atoms with Crippen LogP contribution in [0.25, 0.3) is 11.3 Å². The number of benzene rings is 1. The summed E-state index contributed by atoms with van der Waals surface area (Å²) in [6.07, 6.45) is 4.77. The standard InChI is InChI=1S/C23H25Cl2NO3/c1-12-8-14-9-23(2,10-15(12)21(14)27)28-11-16-20(26-29-22(16)13-6-7-13)19-17(24)4-3-5-18(19)25/h3-5,12-15H,6-11H2,1-2H3. The van der Waals surface area contributed by atoms with Gasteiger partial charge in [-0.15, -0.1) is 0 Å². The van der Waals surface area contributed by atoms with Gasteiger partial charge in [0.15, 0.2) is 0 Å². The normalized spacial score (nSPS) is 31.4. The summed E-state index contributed by atoms with van der Waals surface area (Å²) in [5.41, 5.74) is 2.01. The Morgan fingerprint density at radius 1 is 1.21 bits per heavy atom. The maximum atomic E-state index is 12.5. The SMILES string of the molecule is CC1CC2CC(C)(OCc3c(-c4c(Cl)cccc4Cl)noc3C3CC3)CC1C2=O. The zero-order valence-corrected chi connectivity index (χ0v) is 18.2. The highest BCUT2D eigenvalue weighted by Crippen LogP contribution is 2.50. The number of ether oxygens (including phenoxy) is 1. The third-order valence-corrected chi connectivity index (χ3v) is 7.60. The van der Waals surface area contributed by atoms with Crippen molar-refractivity contribution < 1.29 is 14.1 Å². The minimum atomic E-state index is -0.312. The van der Waals surface area contributed by atoms with Crippen molar-refractivity contribution in [1.82, 2.24) is 5.16 Å². The first-order valence-corrected chi connectivity index (χ1v) is 11.2. The van der Waals surface area contributed by atoms with Gasteiger partial charge < -0.3 is 9.26 Å². The van der Waals surface area contributed by atoms with E-state index in [1.54, 1.807) is 0 Å². The quantitative estimate of drug-likeness (QED) is 0.544. The Balaban J connectivity index is 1.44. The lowest BCUT2D eigenvalue weighted by molar-refractivity contribution is -0.139. The van der Waals surface area contributed by atoms with Crippen LogP contribution >= 0.6 is 23.2 Å². The Bertz CT molecular complexity index is 947. The maximum Gasteiger partial charge on any atom is 0.145 e. The van der Waals surface area contributed by atoms with Gasteiger partial charge in [0.1, 0.15) is 17.2 Å². The van der Waals surface area contributed by atoms with Gasteiger partial charge in [-0.3, -0.25) is 4.79 Å². The molecule has 1 heterocycles. The Hall–Kier alpha value is -1.36. The lowest BCUT2D eigenvalue weighted by Gasteiger charge is -2.37. The van der Waals surface area contributed by atoms with Gasteiger partial charge in [0.25, 0.3) is 0 Å². The van der Waals surface area contributed by atoms with Crippen molar-refractivity contribution in [3.63, 3.8) is 0 Å². The second-order valence-electron chi connectivity index (χ2n) is 9.31. The van der Waals surface area contributed by atoms with E-state index in [1.807, 2.05) is 18.2 Å². The predicted molar refractivity (Wildman–Crippen MR) is 112 cm³/mol.